The average Bonchev–Trinajstić information content (AvgIpc) is 2.46. The van der Waals surface area contributed by atoms with Crippen LogP contribution in [0.1, 0.15) is 22.7 Å². The highest BCUT2D eigenvalue weighted by atomic mass is 16.5. The van der Waals surface area contributed by atoms with E-state index in [9.17, 15) is 0 Å². The zero-order valence-corrected chi connectivity index (χ0v) is 11.7. The van der Waals surface area contributed by atoms with Crippen molar-refractivity contribution in [2.24, 2.45) is 0 Å². The zero-order chi connectivity index (χ0) is 13.7. The summed E-state index contributed by atoms with van der Waals surface area (Å²) in [4.78, 5) is 4.05. The molecule has 1 heterocycles. The molecule has 1 aromatic carbocycles. The van der Waals surface area contributed by atoms with Gasteiger partial charge in [0.2, 0.25) is 0 Å². The fourth-order valence-electron chi connectivity index (χ4n) is 2.19. The molecule has 0 aliphatic carbocycles. The molecule has 3 nitrogen and oxygen atoms in total. The van der Waals surface area contributed by atoms with Crippen LogP contribution in [0.2, 0.25) is 0 Å². The van der Waals surface area contributed by atoms with Crippen LogP contribution < -0.4 is 10.1 Å². The van der Waals surface area contributed by atoms with E-state index in [0.717, 1.165) is 17.7 Å². The number of likely N-dealkylation sites (N-methyl/N-ethyl adjacent to an activating group) is 1. The Balaban J connectivity index is 2.22. The van der Waals surface area contributed by atoms with Gasteiger partial charge >= 0.3 is 0 Å². The predicted octanol–water partition coefficient (Wildman–Crippen LogP) is 2.90. The number of hydrogen-bond acceptors (Lipinski definition) is 3. The van der Waals surface area contributed by atoms with E-state index in [0.29, 0.717) is 0 Å². The van der Waals surface area contributed by atoms with Crippen molar-refractivity contribution >= 4 is 0 Å². The third-order valence-corrected chi connectivity index (χ3v) is 3.37. The molecular formula is C16H20N2O. The molecule has 0 aliphatic heterocycles. The minimum absolute atomic E-state index is 0.275. The van der Waals surface area contributed by atoms with Crippen molar-refractivity contribution in [2.45, 2.75) is 19.4 Å². The van der Waals surface area contributed by atoms with E-state index < -0.39 is 0 Å². The molecular weight excluding hydrogens is 236 g/mol. The number of rotatable bonds is 5. The van der Waals surface area contributed by atoms with E-state index >= 15 is 0 Å². The van der Waals surface area contributed by atoms with Crippen molar-refractivity contribution in [3.05, 3.63) is 59.4 Å². The summed E-state index contributed by atoms with van der Waals surface area (Å²) in [5, 5.41) is 3.36. The van der Waals surface area contributed by atoms with Crippen molar-refractivity contribution < 1.29 is 4.74 Å². The molecule has 100 valence electrons. The summed E-state index contributed by atoms with van der Waals surface area (Å²) in [7, 11) is 3.70. The molecule has 0 radical (unpaired) electrons. The largest absolute Gasteiger partial charge is 0.496 e. The molecule has 2 rings (SSSR count). The van der Waals surface area contributed by atoms with Crippen LogP contribution in [-0.4, -0.2) is 19.1 Å². The molecule has 1 aromatic heterocycles. The van der Waals surface area contributed by atoms with Crippen molar-refractivity contribution in [2.75, 3.05) is 14.2 Å². The first-order valence-electron chi connectivity index (χ1n) is 6.45. The van der Waals surface area contributed by atoms with Gasteiger partial charge in [-0.2, -0.15) is 0 Å². The number of aromatic nitrogens is 1. The summed E-state index contributed by atoms with van der Waals surface area (Å²) in [6, 6.07) is 10.7. The van der Waals surface area contributed by atoms with Crippen LogP contribution in [0.5, 0.6) is 5.75 Å². The Morgan fingerprint density at radius 3 is 2.58 bits per heavy atom. The topological polar surface area (TPSA) is 34.2 Å². The second kappa shape index (κ2) is 6.34. The molecule has 1 N–H and O–H groups in total. The molecule has 0 saturated carbocycles. The van der Waals surface area contributed by atoms with E-state index in [1.165, 1.54) is 11.1 Å². The Labute approximate surface area is 114 Å². The fourth-order valence-corrected chi connectivity index (χ4v) is 2.19. The Hall–Kier alpha value is -1.87. The van der Waals surface area contributed by atoms with Gasteiger partial charge in [0.25, 0.3) is 0 Å². The number of ether oxygens (including phenoxy) is 1. The molecule has 19 heavy (non-hydrogen) atoms. The molecule has 0 saturated heterocycles. The van der Waals surface area contributed by atoms with Crippen LogP contribution in [0.3, 0.4) is 0 Å². The first kappa shape index (κ1) is 13.6. The highest BCUT2D eigenvalue weighted by Crippen LogP contribution is 2.25. The number of hydrogen-bond donors (Lipinski definition) is 1. The summed E-state index contributed by atoms with van der Waals surface area (Å²) in [6.07, 6.45) is 4.60. The number of benzene rings is 1. The Bertz CT molecular complexity index is 526. The molecule has 1 unspecified atom stereocenters. The van der Waals surface area contributed by atoms with Crippen LogP contribution in [0, 0.1) is 6.92 Å². The van der Waals surface area contributed by atoms with Gasteiger partial charge in [0, 0.05) is 18.4 Å². The molecule has 1 atom stereocenters. The molecule has 0 amide bonds. The molecule has 0 bridgehead atoms. The minimum Gasteiger partial charge on any atom is -0.496 e. The second-order valence-corrected chi connectivity index (χ2v) is 4.63. The summed E-state index contributed by atoms with van der Waals surface area (Å²) < 4.78 is 5.39. The lowest BCUT2D eigenvalue weighted by molar-refractivity contribution is 0.410. The van der Waals surface area contributed by atoms with Crippen LogP contribution >= 0.6 is 0 Å². The standard InChI is InChI=1S/C16H20N2O/c1-12-4-5-14(11-16(12)19-3)15(17-2)10-13-6-8-18-9-7-13/h4-9,11,15,17H,10H2,1-3H3. The van der Waals surface area contributed by atoms with Crippen LogP contribution in [-0.2, 0) is 6.42 Å². The minimum atomic E-state index is 0.275. The third-order valence-electron chi connectivity index (χ3n) is 3.37. The van der Waals surface area contributed by atoms with Gasteiger partial charge in [-0.3, -0.25) is 4.98 Å². The number of pyridine rings is 1. The maximum Gasteiger partial charge on any atom is 0.122 e. The summed E-state index contributed by atoms with van der Waals surface area (Å²) in [5.41, 5.74) is 3.67. The number of nitrogens with one attached hydrogen (secondary N) is 1. The van der Waals surface area contributed by atoms with Gasteiger partial charge in [-0.05, 0) is 55.3 Å². The lowest BCUT2D eigenvalue weighted by atomic mass is 9.98. The smallest absolute Gasteiger partial charge is 0.122 e. The summed E-state index contributed by atoms with van der Waals surface area (Å²) in [6.45, 7) is 2.06. The van der Waals surface area contributed by atoms with Gasteiger partial charge in [0.1, 0.15) is 5.75 Å². The predicted molar refractivity (Wildman–Crippen MR) is 77.5 cm³/mol. The quantitative estimate of drug-likeness (QED) is 0.893. The maximum atomic E-state index is 5.39. The Morgan fingerprint density at radius 2 is 1.95 bits per heavy atom. The van der Waals surface area contributed by atoms with Gasteiger partial charge in [-0.15, -0.1) is 0 Å². The van der Waals surface area contributed by atoms with Crippen LogP contribution in [0.25, 0.3) is 0 Å². The van der Waals surface area contributed by atoms with Crippen molar-refractivity contribution in [3.8, 4) is 5.75 Å². The molecule has 0 spiro atoms. The van der Waals surface area contributed by atoms with Crippen molar-refractivity contribution in [3.63, 3.8) is 0 Å². The first-order chi connectivity index (χ1) is 9.24. The Kier molecular flexibility index (Phi) is 4.53. The highest BCUT2D eigenvalue weighted by molar-refractivity contribution is 5.38. The highest BCUT2D eigenvalue weighted by Gasteiger charge is 2.11. The monoisotopic (exact) mass is 256 g/mol. The normalized spacial score (nSPS) is 12.2. The van der Waals surface area contributed by atoms with Crippen LogP contribution in [0.4, 0.5) is 0 Å². The second-order valence-electron chi connectivity index (χ2n) is 4.63. The van der Waals surface area contributed by atoms with E-state index in [1.54, 1.807) is 7.11 Å². The maximum absolute atomic E-state index is 5.39. The third kappa shape index (κ3) is 3.32. The van der Waals surface area contributed by atoms with Crippen molar-refractivity contribution in [1.29, 1.82) is 0 Å². The van der Waals surface area contributed by atoms with E-state index in [4.69, 9.17) is 4.74 Å². The van der Waals surface area contributed by atoms with Gasteiger partial charge in [0.05, 0.1) is 7.11 Å². The molecule has 0 fully saturated rings. The summed E-state index contributed by atoms with van der Waals surface area (Å²) >= 11 is 0. The lowest BCUT2D eigenvalue weighted by Gasteiger charge is -2.18. The number of aryl methyl sites for hydroxylation is 1. The Morgan fingerprint density at radius 1 is 1.21 bits per heavy atom. The van der Waals surface area contributed by atoms with Gasteiger partial charge in [0.15, 0.2) is 0 Å². The van der Waals surface area contributed by atoms with Gasteiger partial charge in [-0.25, -0.2) is 0 Å². The van der Waals surface area contributed by atoms with E-state index in [-0.39, 0.29) is 6.04 Å². The summed E-state index contributed by atoms with van der Waals surface area (Å²) in [5.74, 6) is 0.937. The number of nitrogens with zero attached hydrogens (tertiary/aromatic N) is 1. The molecule has 0 aliphatic rings. The molecule has 3 heteroatoms. The van der Waals surface area contributed by atoms with Gasteiger partial charge < -0.3 is 10.1 Å². The van der Waals surface area contributed by atoms with Gasteiger partial charge in [-0.1, -0.05) is 12.1 Å². The van der Waals surface area contributed by atoms with Crippen molar-refractivity contribution in [1.82, 2.24) is 10.3 Å². The lowest BCUT2D eigenvalue weighted by Crippen LogP contribution is -2.19. The average molecular weight is 256 g/mol. The molecule has 2 aromatic rings. The number of methoxy groups -OCH3 is 1. The zero-order valence-electron chi connectivity index (χ0n) is 11.7. The van der Waals surface area contributed by atoms with E-state index in [1.807, 2.05) is 19.4 Å². The SMILES string of the molecule is CNC(Cc1ccncc1)c1ccc(C)c(OC)c1. The van der Waals surface area contributed by atoms with E-state index in [2.05, 4.69) is 47.6 Å². The fraction of sp³-hybridized carbons (Fsp3) is 0.312. The van der Waals surface area contributed by atoms with Crippen LogP contribution in [0.15, 0.2) is 42.7 Å². The first-order valence-corrected chi connectivity index (χ1v) is 6.45.